The van der Waals surface area contributed by atoms with Gasteiger partial charge in [0, 0.05) is 87.0 Å². The Kier molecular flexibility index (Phi) is 16.1. The number of pyridine rings is 2. The molecular weight excluding hydrogens is 1030 g/mol. The van der Waals surface area contributed by atoms with Crippen LogP contribution in [0.4, 0.5) is 14.6 Å². The van der Waals surface area contributed by atoms with Crippen LogP contribution in [0.1, 0.15) is 102 Å². The van der Waals surface area contributed by atoms with Crippen molar-refractivity contribution < 1.29 is 43.2 Å². The van der Waals surface area contributed by atoms with Gasteiger partial charge in [0.15, 0.2) is 5.82 Å². The fourth-order valence-corrected chi connectivity index (χ4v) is 12.8. The molecule has 4 aromatic heterocycles. The van der Waals surface area contributed by atoms with Gasteiger partial charge in [0.25, 0.3) is 0 Å². The molecule has 4 aliphatic rings. The number of phenols is 1. The number of aryl methyl sites for hydroxylation is 1. The van der Waals surface area contributed by atoms with E-state index in [0.29, 0.717) is 73.3 Å². The number of β-amino-alcohol motifs (C(OH)–C–C–N with tert-alkyl or cyclic N) is 1. The number of thiazole rings is 1. The van der Waals surface area contributed by atoms with Crippen LogP contribution in [0, 0.1) is 36.3 Å². The van der Waals surface area contributed by atoms with Crippen LogP contribution in [-0.4, -0.2) is 155 Å². The maximum atomic E-state index is 17.3. The van der Waals surface area contributed by atoms with Crippen molar-refractivity contribution >= 4 is 56.6 Å². The van der Waals surface area contributed by atoms with Gasteiger partial charge in [0.2, 0.25) is 17.7 Å². The van der Waals surface area contributed by atoms with Crippen LogP contribution in [0.15, 0.2) is 54.3 Å². The summed E-state index contributed by atoms with van der Waals surface area (Å²) >= 11 is 1.46. The Hall–Kier alpha value is -6.96. The highest BCUT2D eigenvalue weighted by atomic mass is 32.1. The zero-order chi connectivity index (χ0) is 55.9. The first-order valence-electron chi connectivity index (χ1n) is 27.2. The van der Waals surface area contributed by atoms with Crippen LogP contribution in [-0.2, 0) is 14.4 Å². The number of ether oxygens (including phenoxy) is 1. The third kappa shape index (κ3) is 11.3. The number of nitrogens with zero attached hydrogens (tertiary/aromatic N) is 9. The van der Waals surface area contributed by atoms with E-state index in [1.807, 2.05) is 40.7 Å². The van der Waals surface area contributed by atoms with Gasteiger partial charge in [0.05, 0.1) is 51.5 Å². The molecule has 0 radical (unpaired) electrons. The number of aromatic hydroxyl groups is 1. The summed E-state index contributed by atoms with van der Waals surface area (Å²) < 4.78 is 38.8. The minimum Gasteiger partial charge on any atom is -0.508 e. The number of carbonyl (C=O) groups excluding carboxylic acids is 3. The summed E-state index contributed by atoms with van der Waals surface area (Å²) in [5.74, 6) is 0.0643. The van der Waals surface area contributed by atoms with Gasteiger partial charge >= 0.3 is 6.01 Å². The number of anilines is 1. The van der Waals surface area contributed by atoms with E-state index in [1.165, 1.54) is 46.7 Å². The lowest BCUT2D eigenvalue weighted by atomic mass is 9.83. The minimum atomic E-state index is -1.05. The molecule has 0 saturated carbocycles. The first-order valence-corrected chi connectivity index (χ1v) is 28.0. The van der Waals surface area contributed by atoms with Gasteiger partial charge < -0.3 is 45.4 Å². The molecule has 2 unspecified atom stereocenters. The summed E-state index contributed by atoms with van der Waals surface area (Å²) in [5.41, 5.74) is 2.89. The number of likely N-dealkylation sites (tertiary alicyclic amines) is 2. The smallest absolute Gasteiger partial charge is 0.320 e. The molecular formula is C58H67F2N11O7S. The Labute approximate surface area is 461 Å². The summed E-state index contributed by atoms with van der Waals surface area (Å²) in [5, 5.41) is 39.7. The van der Waals surface area contributed by atoms with E-state index in [-0.39, 0.29) is 89.6 Å². The summed E-state index contributed by atoms with van der Waals surface area (Å²) in [7, 11) is 0. The van der Waals surface area contributed by atoms with Gasteiger partial charge in [-0.15, -0.1) is 17.8 Å². The second kappa shape index (κ2) is 23.0. The largest absolute Gasteiger partial charge is 0.508 e. The number of piperazine rings is 1. The third-order valence-electron chi connectivity index (χ3n) is 15.8. The van der Waals surface area contributed by atoms with Crippen LogP contribution in [0.2, 0.25) is 0 Å². The molecule has 4 saturated heterocycles. The van der Waals surface area contributed by atoms with Crippen LogP contribution >= 0.6 is 11.3 Å². The summed E-state index contributed by atoms with van der Waals surface area (Å²) in [6.45, 7) is 11.6. The summed E-state index contributed by atoms with van der Waals surface area (Å²) in [4.78, 5) is 74.2. The number of aromatic nitrogens is 5. The number of hydrogen-bond acceptors (Lipinski definition) is 16. The van der Waals surface area contributed by atoms with E-state index in [0.717, 1.165) is 29.8 Å². The molecule has 6 aromatic rings. The molecule has 8 heterocycles. The number of rotatable bonds is 18. The first-order chi connectivity index (χ1) is 37.9. The van der Waals surface area contributed by atoms with Crippen LogP contribution in [0.25, 0.3) is 43.5 Å². The van der Waals surface area contributed by atoms with Gasteiger partial charge in [-0.1, -0.05) is 45.7 Å². The summed E-state index contributed by atoms with van der Waals surface area (Å²) in [6.07, 6.45) is 12.6. The van der Waals surface area contributed by atoms with Crippen molar-refractivity contribution in [3.63, 3.8) is 0 Å². The molecule has 7 atom stereocenters. The second-order valence-electron chi connectivity index (χ2n) is 22.4. The summed E-state index contributed by atoms with van der Waals surface area (Å²) in [6, 6.07) is 6.27. The zero-order valence-electron chi connectivity index (χ0n) is 45.1. The maximum Gasteiger partial charge on any atom is 0.320 e. The van der Waals surface area contributed by atoms with Crippen molar-refractivity contribution in [1.29, 1.82) is 0 Å². The first kappa shape index (κ1) is 55.4. The van der Waals surface area contributed by atoms with E-state index in [9.17, 15) is 29.7 Å². The third-order valence-corrected chi connectivity index (χ3v) is 16.7. The van der Waals surface area contributed by atoms with Gasteiger partial charge in [-0.05, 0) is 86.1 Å². The average molecular weight is 1100 g/mol. The van der Waals surface area contributed by atoms with E-state index in [4.69, 9.17) is 16.1 Å². The number of benzene rings is 2. The number of nitrogens with one attached hydrogen (secondary N) is 2. The SMILES string of the molecule is C#Cc1c(F)ccc2cc(O)cc(-c3ncc4c(N5CC6CCC(C5)N6)nc(OCN(CCC)CCC[C@H]5CCC(=O)N5[C@H](C(=O)N5C[C@H](O)C[C@H]5C(=O)N[C@@H](CO)c5ccc(-c6scnc6C)nc5)C(C)(C)C)nc4c3F)c12. The van der Waals surface area contributed by atoms with Crippen molar-refractivity contribution in [2.45, 2.75) is 128 Å². The highest BCUT2D eigenvalue weighted by molar-refractivity contribution is 7.13. The Morgan fingerprint density at radius 2 is 1.82 bits per heavy atom. The van der Waals surface area contributed by atoms with Crippen LogP contribution < -0.4 is 20.3 Å². The predicted molar refractivity (Wildman–Crippen MR) is 296 cm³/mol. The topological polar surface area (TPSA) is 223 Å². The lowest BCUT2D eigenvalue weighted by Gasteiger charge is -2.43. The Morgan fingerprint density at radius 3 is 2.51 bits per heavy atom. The quantitative estimate of drug-likeness (QED) is 0.0451. The molecule has 416 valence electrons. The molecule has 3 amide bonds. The molecule has 21 heteroatoms. The van der Waals surface area contributed by atoms with E-state index >= 15 is 8.78 Å². The molecule has 2 bridgehead atoms. The Balaban J connectivity index is 0.850. The fourth-order valence-electron chi connectivity index (χ4n) is 12.1. The van der Waals surface area contributed by atoms with Gasteiger partial charge in [-0.25, -0.2) is 13.8 Å². The number of carbonyl (C=O) groups is 3. The number of terminal acetylenes is 1. The molecule has 10 rings (SSSR count). The molecule has 0 aliphatic carbocycles. The molecule has 4 aliphatic heterocycles. The van der Waals surface area contributed by atoms with Crippen molar-refractivity contribution in [3.05, 3.63) is 82.8 Å². The lowest BCUT2D eigenvalue weighted by Crippen LogP contribution is -2.60. The number of aliphatic hydroxyl groups excluding tert-OH is 2. The number of halogens is 2. The van der Waals surface area contributed by atoms with Crippen molar-refractivity contribution in [1.82, 2.24) is 50.3 Å². The Bertz CT molecular complexity index is 3300. The van der Waals surface area contributed by atoms with Gasteiger partial charge in [-0.3, -0.25) is 29.3 Å². The number of fused-ring (bicyclic) bond motifs is 4. The standard InChI is InChI=1S/C58H67F2N11O7S/c1-7-19-68(31-78-57-66-51-42(54(67-57)69-26-35-13-14-36(27-69)64-35)25-62-50(49(51)60)41-22-38(73)21-33-11-16-43(59)40(8-2)48(33)41)20-9-10-37-15-18-47(75)71(37)53(58(4,5)6)56(77)70-28-39(74)23-46(70)55(76)65-45(29-72)34-12-17-44(61-24-34)52-32(3)63-30-79-52/h2,11-12,16-17,21-22,24-25,30,35-37,39,45-46,53,64,72-74H,7,9-10,13-15,18-20,23,26-29,31H2,1,3-6H3,(H,65,76)/t35?,36?,37-,39+,45-,46-,53+/m0/s1. The molecule has 5 N–H and O–H groups in total. The zero-order valence-corrected chi connectivity index (χ0v) is 45.9. The number of amides is 3. The highest BCUT2D eigenvalue weighted by Gasteiger charge is 2.50. The normalized spacial score (nSPS) is 21.1. The van der Waals surface area contributed by atoms with Gasteiger partial charge in [-0.2, -0.15) is 9.97 Å². The van der Waals surface area contributed by atoms with Crippen LogP contribution in [0.5, 0.6) is 11.8 Å². The number of phenolic OH excluding ortho intramolecular Hbond substituents is 1. The fraction of sp³-hybridized carbons (Fsp3) is 0.483. The van der Waals surface area contributed by atoms with Crippen molar-refractivity contribution in [2.24, 2.45) is 5.41 Å². The number of aliphatic hydroxyl groups is 2. The average Bonchev–Trinajstić information content (AvgIpc) is 4.28. The van der Waals surface area contributed by atoms with Crippen molar-refractivity contribution in [2.75, 3.05) is 51.0 Å². The van der Waals surface area contributed by atoms with Crippen molar-refractivity contribution in [3.8, 4) is 45.9 Å². The number of hydrogen-bond donors (Lipinski definition) is 5. The second-order valence-corrected chi connectivity index (χ2v) is 23.2. The Morgan fingerprint density at radius 1 is 1.04 bits per heavy atom. The lowest BCUT2D eigenvalue weighted by molar-refractivity contribution is -0.152. The molecule has 0 spiro atoms. The van der Waals surface area contributed by atoms with E-state index < -0.39 is 59.7 Å². The predicted octanol–water partition coefficient (Wildman–Crippen LogP) is 6.62. The minimum absolute atomic E-state index is 0.0106. The molecule has 18 nitrogen and oxygen atoms in total. The van der Waals surface area contributed by atoms with E-state index in [1.54, 1.807) is 22.7 Å². The van der Waals surface area contributed by atoms with E-state index in [2.05, 4.69) is 46.3 Å². The van der Waals surface area contributed by atoms with Gasteiger partial charge in [0.1, 0.15) is 47.4 Å². The molecule has 4 fully saturated rings. The molecule has 2 aromatic carbocycles. The monoisotopic (exact) mass is 1100 g/mol. The highest BCUT2D eigenvalue weighted by Crippen LogP contribution is 2.41. The maximum absolute atomic E-state index is 17.3. The van der Waals surface area contributed by atoms with Crippen LogP contribution in [0.3, 0.4) is 0 Å². The molecule has 79 heavy (non-hydrogen) atoms.